The van der Waals surface area contributed by atoms with Crippen molar-refractivity contribution in [2.75, 3.05) is 12.3 Å². The van der Waals surface area contributed by atoms with Crippen LogP contribution in [0.1, 0.15) is 20.3 Å². The predicted octanol–water partition coefficient (Wildman–Crippen LogP) is 1.43. The van der Waals surface area contributed by atoms with E-state index in [4.69, 9.17) is 5.73 Å². The van der Waals surface area contributed by atoms with Gasteiger partial charge in [-0.15, -0.1) is 0 Å². The van der Waals surface area contributed by atoms with Gasteiger partial charge in [0, 0.05) is 6.54 Å². The Labute approximate surface area is 108 Å². The second-order valence-electron chi connectivity index (χ2n) is 3.91. The lowest BCUT2D eigenvalue weighted by atomic mass is 10.3. The minimum atomic E-state index is -1.59. The molecule has 3 N–H and O–H groups in total. The molecule has 18 heavy (non-hydrogen) atoms. The van der Waals surface area contributed by atoms with Gasteiger partial charge in [0.1, 0.15) is 11.1 Å². The Balaban J connectivity index is 2.83. The van der Waals surface area contributed by atoms with Crippen LogP contribution in [0.5, 0.6) is 0 Å². The molecule has 0 saturated carbocycles. The van der Waals surface area contributed by atoms with Gasteiger partial charge in [-0.1, -0.05) is 6.92 Å². The highest BCUT2D eigenvalue weighted by molar-refractivity contribution is 7.86. The van der Waals surface area contributed by atoms with Crippen molar-refractivity contribution in [3.8, 4) is 0 Å². The predicted molar refractivity (Wildman–Crippen MR) is 70.0 cm³/mol. The first-order chi connectivity index (χ1) is 8.47. The summed E-state index contributed by atoms with van der Waals surface area (Å²) < 4.78 is 25.0. The zero-order chi connectivity index (χ0) is 13.7. The summed E-state index contributed by atoms with van der Waals surface area (Å²) in [6, 6.07) is 3.63. The van der Waals surface area contributed by atoms with Crippen molar-refractivity contribution in [2.45, 2.75) is 30.4 Å². The van der Waals surface area contributed by atoms with Gasteiger partial charge in [-0.25, -0.2) is 4.39 Å². The molecular formula is C12H17FN2O2S. The molecule has 0 bridgehead atoms. The lowest BCUT2D eigenvalue weighted by Gasteiger charge is -2.13. The number of carbonyl (C=O) groups is 1. The van der Waals surface area contributed by atoms with Crippen molar-refractivity contribution < 1.29 is 13.4 Å². The van der Waals surface area contributed by atoms with Crippen LogP contribution in [0, 0.1) is 5.82 Å². The minimum Gasteiger partial charge on any atom is -0.398 e. The van der Waals surface area contributed by atoms with E-state index < -0.39 is 21.9 Å². The monoisotopic (exact) mass is 272 g/mol. The Bertz CT molecular complexity index is 465. The Morgan fingerprint density at radius 1 is 1.56 bits per heavy atom. The molecule has 0 fully saturated rings. The smallest absolute Gasteiger partial charge is 0.235 e. The normalized spacial score (nSPS) is 13.9. The maximum atomic E-state index is 12.9. The van der Waals surface area contributed by atoms with Crippen LogP contribution in [0.25, 0.3) is 0 Å². The Morgan fingerprint density at radius 2 is 2.22 bits per heavy atom. The summed E-state index contributed by atoms with van der Waals surface area (Å²) in [4.78, 5) is 12.0. The van der Waals surface area contributed by atoms with Crippen LogP contribution < -0.4 is 11.1 Å². The summed E-state index contributed by atoms with van der Waals surface area (Å²) in [6.07, 6.45) is 0.809. The number of amides is 1. The fraction of sp³-hybridized carbons (Fsp3) is 0.417. The molecule has 0 saturated heterocycles. The van der Waals surface area contributed by atoms with E-state index in [9.17, 15) is 13.4 Å². The van der Waals surface area contributed by atoms with Gasteiger partial charge in [-0.2, -0.15) is 0 Å². The summed E-state index contributed by atoms with van der Waals surface area (Å²) in [7, 11) is -1.59. The molecule has 1 amide bonds. The first kappa shape index (κ1) is 14.6. The van der Waals surface area contributed by atoms with Crippen molar-refractivity contribution in [1.29, 1.82) is 0 Å². The summed E-state index contributed by atoms with van der Waals surface area (Å²) in [5, 5.41) is 1.95. The fourth-order valence-corrected chi connectivity index (χ4v) is 2.53. The van der Waals surface area contributed by atoms with Crippen molar-refractivity contribution in [3.05, 3.63) is 24.0 Å². The van der Waals surface area contributed by atoms with Crippen LogP contribution in [-0.4, -0.2) is 21.9 Å². The van der Waals surface area contributed by atoms with Crippen molar-refractivity contribution in [1.82, 2.24) is 5.32 Å². The topological polar surface area (TPSA) is 72.2 Å². The third-order valence-corrected chi connectivity index (χ3v) is 4.09. The molecule has 0 aromatic heterocycles. The Hall–Kier alpha value is -1.43. The maximum Gasteiger partial charge on any atom is 0.235 e. The maximum absolute atomic E-state index is 12.9. The number of hydrogen-bond acceptors (Lipinski definition) is 3. The van der Waals surface area contributed by atoms with Gasteiger partial charge < -0.3 is 11.1 Å². The molecule has 0 aliphatic carbocycles. The lowest BCUT2D eigenvalue weighted by molar-refractivity contribution is -0.120. The van der Waals surface area contributed by atoms with E-state index in [2.05, 4.69) is 5.32 Å². The van der Waals surface area contributed by atoms with Crippen LogP contribution in [0.4, 0.5) is 10.1 Å². The van der Waals surface area contributed by atoms with E-state index in [0.29, 0.717) is 6.54 Å². The minimum absolute atomic E-state index is 0.100. The third kappa shape index (κ3) is 3.53. The van der Waals surface area contributed by atoms with Crippen LogP contribution in [0.2, 0.25) is 0 Å². The van der Waals surface area contributed by atoms with Gasteiger partial charge >= 0.3 is 0 Å². The van der Waals surface area contributed by atoms with E-state index in [1.54, 1.807) is 6.92 Å². The van der Waals surface area contributed by atoms with E-state index in [0.717, 1.165) is 12.5 Å². The van der Waals surface area contributed by atoms with Crippen LogP contribution in [0.3, 0.4) is 0 Å². The molecule has 0 radical (unpaired) electrons. The first-order valence-corrected chi connectivity index (χ1v) is 6.92. The molecule has 2 atom stereocenters. The van der Waals surface area contributed by atoms with Crippen LogP contribution >= 0.6 is 0 Å². The molecule has 0 aliphatic heterocycles. The van der Waals surface area contributed by atoms with E-state index in [-0.39, 0.29) is 16.5 Å². The van der Waals surface area contributed by atoms with Crippen molar-refractivity contribution in [3.63, 3.8) is 0 Å². The number of halogens is 1. The zero-order valence-electron chi connectivity index (χ0n) is 10.4. The summed E-state index contributed by atoms with van der Waals surface area (Å²) in [5.41, 5.74) is 5.70. The highest BCUT2D eigenvalue weighted by Gasteiger charge is 2.22. The number of rotatable bonds is 5. The lowest BCUT2D eigenvalue weighted by Crippen LogP contribution is -2.36. The zero-order valence-corrected chi connectivity index (χ0v) is 11.2. The average Bonchev–Trinajstić information content (AvgIpc) is 2.34. The first-order valence-electron chi connectivity index (χ1n) is 5.70. The molecule has 2 unspecified atom stereocenters. The van der Waals surface area contributed by atoms with Gasteiger partial charge in [-0.3, -0.25) is 9.00 Å². The molecule has 1 aromatic carbocycles. The molecular weight excluding hydrogens is 255 g/mol. The quantitative estimate of drug-likeness (QED) is 0.796. The Kier molecular flexibility index (Phi) is 5.27. The summed E-state index contributed by atoms with van der Waals surface area (Å²) in [5.74, 6) is -0.782. The number of nitrogens with one attached hydrogen (secondary N) is 1. The second-order valence-corrected chi connectivity index (χ2v) is 5.65. The molecule has 1 aromatic rings. The molecule has 0 heterocycles. The Morgan fingerprint density at radius 3 is 2.78 bits per heavy atom. The largest absolute Gasteiger partial charge is 0.398 e. The van der Waals surface area contributed by atoms with Crippen molar-refractivity contribution in [2.24, 2.45) is 0 Å². The molecule has 4 nitrogen and oxygen atoms in total. The molecule has 0 aliphatic rings. The number of nitrogens with two attached hydrogens (primary N) is 1. The van der Waals surface area contributed by atoms with E-state index >= 15 is 0 Å². The third-order valence-electron chi connectivity index (χ3n) is 2.43. The fourth-order valence-electron chi connectivity index (χ4n) is 1.38. The second kappa shape index (κ2) is 6.49. The standard InChI is InChI=1S/C12H17FN2O2S/c1-3-6-15-12(16)8(2)18(17)11-5-4-9(13)7-10(11)14/h4-5,7-8H,3,6,14H2,1-2H3,(H,15,16). The molecule has 6 heteroatoms. The van der Waals surface area contributed by atoms with Gasteiger partial charge in [0.05, 0.1) is 21.4 Å². The average molecular weight is 272 g/mol. The van der Waals surface area contributed by atoms with Gasteiger partial charge in [0.2, 0.25) is 5.91 Å². The highest BCUT2D eigenvalue weighted by atomic mass is 32.2. The summed E-state index contributed by atoms with van der Waals surface area (Å²) in [6.45, 7) is 4.03. The van der Waals surface area contributed by atoms with Gasteiger partial charge in [-0.05, 0) is 31.5 Å². The van der Waals surface area contributed by atoms with Crippen molar-refractivity contribution >= 4 is 22.4 Å². The van der Waals surface area contributed by atoms with Gasteiger partial charge in [0.25, 0.3) is 0 Å². The molecule has 1 rings (SSSR count). The molecule has 0 spiro atoms. The van der Waals surface area contributed by atoms with Gasteiger partial charge in [0.15, 0.2) is 0 Å². The number of carbonyl (C=O) groups excluding carboxylic acids is 1. The number of anilines is 1. The highest BCUT2D eigenvalue weighted by Crippen LogP contribution is 2.20. The van der Waals surface area contributed by atoms with Crippen LogP contribution in [-0.2, 0) is 15.6 Å². The number of hydrogen-bond donors (Lipinski definition) is 2. The number of nitrogen functional groups attached to an aromatic ring is 1. The van der Waals surface area contributed by atoms with Crippen LogP contribution in [0.15, 0.2) is 23.1 Å². The molecule has 100 valence electrons. The summed E-state index contributed by atoms with van der Waals surface area (Å²) >= 11 is 0. The SMILES string of the molecule is CCCNC(=O)C(C)S(=O)c1ccc(F)cc1N. The number of benzene rings is 1. The van der Waals surface area contributed by atoms with E-state index in [1.807, 2.05) is 6.92 Å². The van der Waals surface area contributed by atoms with E-state index in [1.165, 1.54) is 12.1 Å².